The number of ether oxygens (including phenoxy) is 1. The summed E-state index contributed by atoms with van der Waals surface area (Å²) in [7, 11) is 0. The van der Waals surface area contributed by atoms with Gasteiger partial charge in [-0.2, -0.15) is 0 Å². The molecular formula is C21H32FN3O. The molecule has 2 saturated heterocycles. The van der Waals surface area contributed by atoms with Gasteiger partial charge in [-0.1, -0.05) is 26.0 Å². The molecule has 2 aliphatic rings. The molecule has 4 nitrogen and oxygen atoms in total. The summed E-state index contributed by atoms with van der Waals surface area (Å²) in [6, 6.07) is 7.03. The summed E-state index contributed by atoms with van der Waals surface area (Å²) >= 11 is 0. The molecule has 1 N–H and O–H groups in total. The lowest BCUT2D eigenvalue weighted by molar-refractivity contribution is 0.0529. The summed E-state index contributed by atoms with van der Waals surface area (Å²) in [6.07, 6.45) is 2.94. The van der Waals surface area contributed by atoms with Gasteiger partial charge in [0.2, 0.25) is 0 Å². The zero-order valence-corrected chi connectivity index (χ0v) is 16.4. The third-order valence-corrected chi connectivity index (χ3v) is 5.73. The molecule has 0 saturated carbocycles. The van der Waals surface area contributed by atoms with Crippen molar-refractivity contribution in [3.63, 3.8) is 0 Å². The van der Waals surface area contributed by atoms with E-state index in [1.807, 2.05) is 6.07 Å². The Kier molecular flexibility index (Phi) is 5.86. The highest BCUT2D eigenvalue weighted by Crippen LogP contribution is 2.36. The Labute approximate surface area is 156 Å². The second-order valence-corrected chi connectivity index (χ2v) is 8.41. The normalized spacial score (nSPS) is 22.5. The molecule has 0 amide bonds. The second kappa shape index (κ2) is 7.95. The SMILES string of the molecule is CCNC(=NCC1(c2cccc(F)c2)CCOCC1)N1CCC(C)(C)C1. The van der Waals surface area contributed by atoms with E-state index >= 15 is 0 Å². The van der Waals surface area contributed by atoms with Crippen molar-refractivity contribution < 1.29 is 9.13 Å². The minimum atomic E-state index is -0.175. The maximum Gasteiger partial charge on any atom is 0.193 e. The largest absolute Gasteiger partial charge is 0.381 e. The Balaban J connectivity index is 1.84. The average molecular weight is 362 g/mol. The minimum Gasteiger partial charge on any atom is -0.381 e. The van der Waals surface area contributed by atoms with Gasteiger partial charge in [0.15, 0.2) is 5.96 Å². The third kappa shape index (κ3) is 4.37. The number of benzene rings is 1. The molecule has 26 heavy (non-hydrogen) atoms. The van der Waals surface area contributed by atoms with E-state index in [1.165, 1.54) is 12.5 Å². The molecule has 0 radical (unpaired) electrons. The molecule has 0 spiro atoms. The number of nitrogens with one attached hydrogen (secondary N) is 1. The molecular weight excluding hydrogens is 329 g/mol. The summed E-state index contributed by atoms with van der Waals surface area (Å²) in [5, 5.41) is 3.45. The standard InChI is InChI=1S/C21H32FN3O/c1-4-23-19(25-11-8-20(2,3)16-25)24-15-21(9-12-26-13-10-21)17-6-5-7-18(22)14-17/h5-7,14H,4,8-13,15-16H2,1-3H3,(H,23,24). The van der Waals surface area contributed by atoms with E-state index in [4.69, 9.17) is 9.73 Å². The monoisotopic (exact) mass is 361 g/mol. The van der Waals surface area contributed by atoms with Gasteiger partial charge >= 0.3 is 0 Å². The Bertz CT molecular complexity index is 638. The topological polar surface area (TPSA) is 36.9 Å². The lowest BCUT2D eigenvalue weighted by Crippen LogP contribution is -2.43. The summed E-state index contributed by atoms with van der Waals surface area (Å²) in [6.45, 7) is 11.7. The molecule has 2 fully saturated rings. The maximum atomic E-state index is 13.9. The number of aliphatic imine (C=N–C) groups is 1. The van der Waals surface area contributed by atoms with E-state index in [-0.39, 0.29) is 11.2 Å². The first kappa shape index (κ1) is 19.2. The van der Waals surface area contributed by atoms with E-state index < -0.39 is 0 Å². The highest BCUT2D eigenvalue weighted by atomic mass is 19.1. The summed E-state index contributed by atoms with van der Waals surface area (Å²) in [5.74, 6) is 0.811. The van der Waals surface area contributed by atoms with Crippen LogP contribution in [0.5, 0.6) is 0 Å². The molecule has 1 aromatic carbocycles. The van der Waals surface area contributed by atoms with Crippen molar-refractivity contribution >= 4 is 5.96 Å². The summed E-state index contributed by atoms with van der Waals surface area (Å²) in [5.41, 5.74) is 1.23. The van der Waals surface area contributed by atoms with Crippen LogP contribution in [0.15, 0.2) is 29.3 Å². The van der Waals surface area contributed by atoms with Crippen molar-refractivity contribution in [2.45, 2.75) is 45.4 Å². The van der Waals surface area contributed by atoms with Crippen molar-refractivity contribution in [1.29, 1.82) is 0 Å². The number of rotatable bonds is 4. The van der Waals surface area contributed by atoms with Crippen LogP contribution in [0.25, 0.3) is 0 Å². The lowest BCUT2D eigenvalue weighted by Gasteiger charge is -2.37. The van der Waals surface area contributed by atoms with Crippen LogP contribution >= 0.6 is 0 Å². The third-order valence-electron chi connectivity index (χ3n) is 5.73. The van der Waals surface area contributed by atoms with Crippen LogP contribution in [0.2, 0.25) is 0 Å². The van der Waals surface area contributed by atoms with Crippen LogP contribution in [0.4, 0.5) is 4.39 Å². The van der Waals surface area contributed by atoms with Gasteiger partial charge in [0.25, 0.3) is 0 Å². The number of hydrogen-bond acceptors (Lipinski definition) is 2. The van der Waals surface area contributed by atoms with Crippen LogP contribution in [0.1, 0.15) is 45.6 Å². The molecule has 0 bridgehead atoms. The van der Waals surface area contributed by atoms with Gasteiger partial charge in [0, 0.05) is 38.3 Å². The fourth-order valence-electron chi connectivity index (χ4n) is 4.06. The summed E-state index contributed by atoms with van der Waals surface area (Å²) in [4.78, 5) is 7.38. The van der Waals surface area contributed by atoms with Gasteiger partial charge in [-0.05, 0) is 49.3 Å². The minimum absolute atomic E-state index is 0.143. The predicted molar refractivity (Wildman–Crippen MR) is 104 cm³/mol. The van der Waals surface area contributed by atoms with Crippen molar-refractivity contribution in [3.8, 4) is 0 Å². The Morgan fingerprint density at radius 3 is 2.65 bits per heavy atom. The first-order chi connectivity index (χ1) is 12.4. The van der Waals surface area contributed by atoms with Crippen LogP contribution in [0.3, 0.4) is 0 Å². The molecule has 3 rings (SSSR count). The first-order valence-electron chi connectivity index (χ1n) is 9.81. The van der Waals surface area contributed by atoms with Crippen LogP contribution in [0, 0.1) is 11.2 Å². The van der Waals surface area contributed by atoms with Gasteiger partial charge in [0.05, 0.1) is 6.54 Å². The van der Waals surface area contributed by atoms with Crippen molar-refractivity contribution in [2.24, 2.45) is 10.4 Å². The Hall–Kier alpha value is -1.62. The summed E-state index contributed by atoms with van der Waals surface area (Å²) < 4.78 is 19.4. The molecule has 5 heteroatoms. The van der Waals surface area contributed by atoms with Gasteiger partial charge in [-0.15, -0.1) is 0 Å². The highest BCUT2D eigenvalue weighted by molar-refractivity contribution is 5.80. The smallest absolute Gasteiger partial charge is 0.193 e. The first-order valence-corrected chi connectivity index (χ1v) is 9.81. The number of nitrogens with zero attached hydrogens (tertiary/aromatic N) is 2. The number of likely N-dealkylation sites (tertiary alicyclic amines) is 1. The highest BCUT2D eigenvalue weighted by Gasteiger charge is 2.36. The van der Waals surface area contributed by atoms with Gasteiger partial charge < -0.3 is 15.0 Å². The number of hydrogen-bond donors (Lipinski definition) is 1. The molecule has 0 aliphatic carbocycles. The molecule has 2 aliphatic heterocycles. The molecule has 0 aromatic heterocycles. The molecule has 1 aromatic rings. The van der Waals surface area contributed by atoms with E-state index in [9.17, 15) is 4.39 Å². The van der Waals surface area contributed by atoms with E-state index in [0.717, 1.165) is 44.0 Å². The van der Waals surface area contributed by atoms with Gasteiger partial charge in [-0.25, -0.2) is 4.39 Å². The lowest BCUT2D eigenvalue weighted by atomic mass is 9.74. The Morgan fingerprint density at radius 1 is 1.27 bits per heavy atom. The molecule has 0 unspecified atom stereocenters. The molecule has 144 valence electrons. The van der Waals surface area contributed by atoms with Crippen molar-refractivity contribution in [2.75, 3.05) is 39.4 Å². The molecule has 0 atom stereocenters. The van der Waals surface area contributed by atoms with Crippen LogP contribution in [-0.4, -0.2) is 50.3 Å². The molecule has 2 heterocycles. The fraction of sp³-hybridized carbons (Fsp3) is 0.667. The van der Waals surface area contributed by atoms with Crippen molar-refractivity contribution in [1.82, 2.24) is 10.2 Å². The van der Waals surface area contributed by atoms with Crippen LogP contribution in [-0.2, 0) is 10.2 Å². The number of guanidine groups is 1. The van der Waals surface area contributed by atoms with E-state index in [0.29, 0.717) is 25.2 Å². The maximum absolute atomic E-state index is 13.9. The zero-order valence-electron chi connectivity index (χ0n) is 16.4. The number of halogens is 1. The van der Waals surface area contributed by atoms with Crippen molar-refractivity contribution in [3.05, 3.63) is 35.6 Å². The van der Waals surface area contributed by atoms with E-state index in [2.05, 4.69) is 31.0 Å². The Morgan fingerprint density at radius 2 is 2.04 bits per heavy atom. The van der Waals surface area contributed by atoms with Crippen LogP contribution < -0.4 is 5.32 Å². The quantitative estimate of drug-likeness (QED) is 0.658. The van der Waals surface area contributed by atoms with Gasteiger partial charge in [0.1, 0.15) is 5.82 Å². The van der Waals surface area contributed by atoms with Gasteiger partial charge in [-0.3, -0.25) is 4.99 Å². The predicted octanol–water partition coefficient (Wildman–Crippen LogP) is 3.57. The second-order valence-electron chi connectivity index (χ2n) is 8.41. The zero-order chi connectivity index (χ0) is 18.6. The van der Waals surface area contributed by atoms with E-state index in [1.54, 1.807) is 12.1 Å². The fourth-order valence-corrected chi connectivity index (χ4v) is 4.06. The average Bonchev–Trinajstić information content (AvgIpc) is 2.99.